The quantitative estimate of drug-likeness (QED) is 0.0265. The summed E-state index contributed by atoms with van der Waals surface area (Å²) >= 11 is 0. The minimum absolute atomic E-state index is 0.177. The third-order valence-corrected chi connectivity index (χ3v) is 11.5. The van der Waals surface area contributed by atoms with E-state index < -0.39 is 49.5 Å². The van der Waals surface area contributed by atoms with Crippen molar-refractivity contribution in [2.75, 3.05) is 13.2 Å². The molecule has 6 N–H and O–H groups in total. The maximum atomic E-state index is 13.0. The average molecular weight is 810 g/mol. The van der Waals surface area contributed by atoms with Crippen molar-refractivity contribution in [3.63, 3.8) is 0 Å². The summed E-state index contributed by atoms with van der Waals surface area (Å²) in [5.41, 5.74) is 0. The second-order valence-electron chi connectivity index (χ2n) is 16.9. The molecule has 5 unspecified atom stereocenters. The summed E-state index contributed by atoms with van der Waals surface area (Å²) in [6.07, 6.45) is 39.3. The number of hydrogen-bond acceptors (Lipinski definition) is 8. The molecular weight excluding hydrogens is 719 g/mol. The lowest BCUT2D eigenvalue weighted by molar-refractivity contribution is -0.302. The molecule has 1 rings (SSSR count). The van der Waals surface area contributed by atoms with Crippen molar-refractivity contribution < 1.29 is 39.8 Å². The SMILES string of the molecule is CCCCCCCCC=CCCCCCCCCCCCCCC(=O)N[C@@H](COC1OC(CO)C(O)C(O)C1O)[C@H](O)C=CCCCCCCCCCCCCC. The topological polar surface area (TPSA) is 149 Å². The number of ether oxygens (including phenoxy) is 2. The zero-order valence-electron chi connectivity index (χ0n) is 36.9. The van der Waals surface area contributed by atoms with E-state index in [-0.39, 0.29) is 12.5 Å². The normalized spacial score (nSPS) is 21.1. The van der Waals surface area contributed by atoms with Gasteiger partial charge in [-0.1, -0.05) is 192 Å². The Hall–Kier alpha value is -1.33. The van der Waals surface area contributed by atoms with Crippen LogP contribution in [0.1, 0.15) is 219 Å². The maximum Gasteiger partial charge on any atom is 0.220 e. The predicted octanol–water partition coefficient (Wildman–Crippen LogP) is 10.3. The van der Waals surface area contributed by atoms with Crippen LogP contribution in [0.25, 0.3) is 0 Å². The van der Waals surface area contributed by atoms with Crippen molar-refractivity contribution in [3.8, 4) is 0 Å². The fourth-order valence-electron chi connectivity index (χ4n) is 7.62. The second kappa shape index (κ2) is 38.8. The molecule has 0 bridgehead atoms. The van der Waals surface area contributed by atoms with Gasteiger partial charge >= 0.3 is 0 Å². The number of amides is 1. The molecule has 1 aliphatic heterocycles. The van der Waals surface area contributed by atoms with Gasteiger partial charge in [0.05, 0.1) is 25.4 Å². The Kier molecular flexibility index (Phi) is 36.6. The first-order chi connectivity index (χ1) is 27.8. The molecule has 0 aromatic rings. The number of carbonyl (C=O) groups excluding carboxylic acids is 1. The van der Waals surface area contributed by atoms with Gasteiger partial charge in [-0.15, -0.1) is 0 Å². The van der Waals surface area contributed by atoms with E-state index in [1.807, 2.05) is 6.08 Å². The molecule has 1 aliphatic rings. The van der Waals surface area contributed by atoms with E-state index in [1.165, 1.54) is 161 Å². The molecule has 0 aromatic carbocycles. The smallest absolute Gasteiger partial charge is 0.220 e. The van der Waals surface area contributed by atoms with E-state index in [2.05, 4.69) is 31.3 Å². The van der Waals surface area contributed by atoms with E-state index in [9.17, 15) is 30.3 Å². The number of allylic oxidation sites excluding steroid dienone is 3. The van der Waals surface area contributed by atoms with Crippen molar-refractivity contribution in [1.82, 2.24) is 5.32 Å². The number of unbranched alkanes of at least 4 members (excludes halogenated alkanes) is 28. The molecule has 9 heteroatoms. The number of aliphatic hydroxyl groups is 5. The van der Waals surface area contributed by atoms with Gasteiger partial charge in [0.1, 0.15) is 24.4 Å². The van der Waals surface area contributed by atoms with E-state index in [1.54, 1.807) is 6.08 Å². The summed E-state index contributed by atoms with van der Waals surface area (Å²) in [4.78, 5) is 13.0. The van der Waals surface area contributed by atoms with Crippen molar-refractivity contribution in [3.05, 3.63) is 24.3 Å². The summed E-state index contributed by atoms with van der Waals surface area (Å²) in [5.74, 6) is -0.177. The highest BCUT2D eigenvalue weighted by Gasteiger charge is 2.44. The highest BCUT2D eigenvalue weighted by Crippen LogP contribution is 2.23. The van der Waals surface area contributed by atoms with Crippen LogP contribution < -0.4 is 5.32 Å². The van der Waals surface area contributed by atoms with Crippen LogP contribution in [-0.4, -0.2) is 87.5 Å². The molecule has 336 valence electrons. The molecule has 0 radical (unpaired) electrons. The fraction of sp³-hybridized carbons (Fsp3) is 0.896. The Morgan fingerprint density at radius 2 is 0.982 bits per heavy atom. The Bertz CT molecular complexity index is 945. The lowest BCUT2D eigenvalue weighted by Crippen LogP contribution is -2.60. The molecule has 1 amide bonds. The number of rotatable bonds is 40. The summed E-state index contributed by atoms with van der Waals surface area (Å²) in [5, 5.41) is 54.2. The Morgan fingerprint density at radius 1 is 0.579 bits per heavy atom. The van der Waals surface area contributed by atoms with Crippen LogP contribution in [0, 0.1) is 0 Å². The lowest BCUT2D eigenvalue weighted by atomic mass is 9.99. The van der Waals surface area contributed by atoms with Crippen LogP contribution >= 0.6 is 0 Å². The molecule has 7 atom stereocenters. The zero-order chi connectivity index (χ0) is 41.6. The fourth-order valence-corrected chi connectivity index (χ4v) is 7.62. The van der Waals surface area contributed by atoms with Crippen molar-refractivity contribution >= 4 is 5.91 Å². The molecule has 9 nitrogen and oxygen atoms in total. The molecule has 57 heavy (non-hydrogen) atoms. The van der Waals surface area contributed by atoms with Crippen LogP contribution in [0.15, 0.2) is 24.3 Å². The van der Waals surface area contributed by atoms with Crippen LogP contribution in [-0.2, 0) is 14.3 Å². The molecule has 0 aromatic heterocycles. The first-order valence-electron chi connectivity index (χ1n) is 24.1. The summed E-state index contributed by atoms with van der Waals surface area (Å²) < 4.78 is 11.2. The third-order valence-electron chi connectivity index (χ3n) is 11.5. The molecule has 1 heterocycles. The van der Waals surface area contributed by atoms with Crippen LogP contribution in [0.3, 0.4) is 0 Å². The van der Waals surface area contributed by atoms with Gasteiger partial charge < -0.3 is 40.3 Å². The molecule has 0 saturated carbocycles. The van der Waals surface area contributed by atoms with Crippen LogP contribution in [0.2, 0.25) is 0 Å². The Balaban J connectivity index is 2.29. The van der Waals surface area contributed by atoms with Gasteiger partial charge in [0, 0.05) is 6.42 Å². The van der Waals surface area contributed by atoms with Crippen LogP contribution in [0.4, 0.5) is 0 Å². The molecular formula is C48H91NO8. The summed E-state index contributed by atoms with van der Waals surface area (Å²) in [7, 11) is 0. The molecule has 0 aliphatic carbocycles. The number of aliphatic hydroxyl groups excluding tert-OH is 5. The third kappa shape index (κ3) is 29.5. The number of hydrogen-bond donors (Lipinski definition) is 6. The average Bonchev–Trinajstić information content (AvgIpc) is 3.21. The first-order valence-corrected chi connectivity index (χ1v) is 24.1. The van der Waals surface area contributed by atoms with Crippen molar-refractivity contribution in [2.24, 2.45) is 0 Å². The van der Waals surface area contributed by atoms with E-state index in [0.29, 0.717) is 6.42 Å². The second-order valence-corrected chi connectivity index (χ2v) is 16.9. The minimum atomic E-state index is -1.56. The van der Waals surface area contributed by atoms with Crippen molar-refractivity contribution in [1.29, 1.82) is 0 Å². The first kappa shape index (κ1) is 53.7. The largest absolute Gasteiger partial charge is 0.394 e. The number of nitrogens with one attached hydrogen (secondary N) is 1. The highest BCUT2D eigenvalue weighted by molar-refractivity contribution is 5.76. The molecule has 1 saturated heterocycles. The van der Waals surface area contributed by atoms with Gasteiger partial charge in [-0.3, -0.25) is 4.79 Å². The van der Waals surface area contributed by atoms with Gasteiger partial charge in [-0.05, 0) is 44.9 Å². The van der Waals surface area contributed by atoms with Gasteiger partial charge in [-0.2, -0.15) is 0 Å². The van der Waals surface area contributed by atoms with Gasteiger partial charge in [0.2, 0.25) is 5.91 Å². The summed E-state index contributed by atoms with van der Waals surface area (Å²) in [6, 6.07) is -0.801. The minimum Gasteiger partial charge on any atom is -0.394 e. The molecule has 0 spiro atoms. The number of carbonyl (C=O) groups is 1. The van der Waals surface area contributed by atoms with Gasteiger partial charge in [0.15, 0.2) is 6.29 Å². The lowest BCUT2D eigenvalue weighted by Gasteiger charge is -2.40. The monoisotopic (exact) mass is 810 g/mol. The zero-order valence-corrected chi connectivity index (χ0v) is 36.9. The van der Waals surface area contributed by atoms with E-state index in [4.69, 9.17) is 9.47 Å². The van der Waals surface area contributed by atoms with E-state index >= 15 is 0 Å². The van der Waals surface area contributed by atoms with Crippen molar-refractivity contribution in [2.45, 2.75) is 262 Å². The standard InChI is InChI=1S/C48H91NO8/c1-3-5-7-9-11-13-15-17-18-19-20-21-22-23-24-26-28-30-32-34-36-38-44(52)49-41(40-56-48-47(55)46(54)45(53)43(39-50)57-48)42(51)37-35-33-31-29-27-25-16-14-12-10-8-6-4-2/h17-18,35,37,41-43,45-48,50-51,53-55H,3-16,19-34,36,38-40H2,1-2H3,(H,49,52)/t41-,42+,43?,45?,46?,47?,48?/m0/s1. The Morgan fingerprint density at radius 3 is 1.42 bits per heavy atom. The Labute approximate surface area is 349 Å². The van der Waals surface area contributed by atoms with E-state index in [0.717, 1.165) is 38.5 Å². The predicted molar refractivity (Wildman–Crippen MR) is 235 cm³/mol. The summed E-state index contributed by atoms with van der Waals surface area (Å²) in [6.45, 7) is 3.77. The van der Waals surface area contributed by atoms with Gasteiger partial charge in [-0.25, -0.2) is 0 Å². The maximum absolute atomic E-state index is 13.0. The molecule has 1 fully saturated rings. The highest BCUT2D eigenvalue weighted by atomic mass is 16.7. The van der Waals surface area contributed by atoms with Crippen LogP contribution in [0.5, 0.6) is 0 Å². The van der Waals surface area contributed by atoms with Gasteiger partial charge in [0.25, 0.3) is 0 Å².